The van der Waals surface area contributed by atoms with Crippen LogP contribution in [0.3, 0.4) is 0 Å². The molecule has 3 aliphatic heterocycles. The summed E-state index contributed by atoms with van der Waals surface area (Å²) in [4.78, 5) is 16.9. The number of nitrogens with zero attached hydrogens (tertiary/aromatic N) is 6. The summed E-state index contributed by atoms with van der Waals surface area (Å²) in [5.74, 6) is 3.05. The maximum Gasteiger partial charge on any atom is 0.241 e. The van der Waals surface area contributed by atoms with Gasteiger partial charge in [-0.15, -0.1) is 15.3 Å². The van der Waals surface area contributed by atoms with Crippen LogP contribution in [-0.2, 0) is 4.79 Å². The van der Waals surface area contributed by atoms with Crippen molar-refractivity contribution in [2.24, 2.45) is 11.8 Å². The number of hydrogen-bond acceptors (Lipinski definition) is 7. The van der Waals surface area contributed by atoms with Gasteiger partial charge in [0.05, 0.1) is 0 Å². The molecule has 1 amide bonds. The van der Waals surface area contributed by atoms with E-state index in [0.29, 0.717) is 11.8 Å². The molecule has 0 aliphatic carbocycles. The van der Waals surface area contributed by atoms with E-state index in [1.54, 1.807) is 4.52 Å². The average molecular weight is 342 g/mol. The topological polar surface area (TPSA) is 90.7 Å². The number of likely N-dealkylation sites (tertiary alicyclic amines) is 1. The van der Waals surface area contributed by atoms with Crippen molar-refractivity contribution in [3.8, 4) is 0 Å². The molecule has 2 aromatic rings. The van der Waals surface area contributed by atoms with E-state index in [9.17, 15) is 4.79 Å². The number of rotatable bonds is 2. The lowest BCUT2D eigenvalue weighted by atomic mass is 10.0. The van der Waals surface area contributed by atoms with Crippen LogP contribution in [0, 0.1) is 18.8 Å². The van der Waals surface area contributed by atoms with Crippen LogP contribution in [0.1, 0.15) is 12.2 Å². The predicted octanol–water partition coefficient (Wildman–Crippen LogP) is -0.806. The zero-order valence-corrected chi connectivity index (χ0v) is 14.2. The lowest BCUT2D eigenvalue weighted by Gasteiger charge is -2.24. The molecule has 5 heterocycles. The van der Waals surface area contributed by atoms with Gasteiger partial charge in [0, 0.05) is 44.6 Å². The minimum absolute atomic E-state index is 0.0595. The van der Waals surface area contributed by atoms with Gasteiger partial charge in [0.25, 0.3) is 0 Å². The van der Waals surface area contributed by atoms with Crippen molar-refractivity contribution in [3.05, 3.63) is 18.0 Å². The number of anilines is 1. The Morgan fingerprint density at radius 3 is 2.68 bits per heavy atom. The van der Waals surface area contributed by atoms with Gasteiger partial charge in [-0.05, 0) is 25.5 Å². The maximum atomic E-state index is 12.6. The Balaban J connectivity index is 1.28. The van der Waals surface area contributed by atoms with Crippen LogP contribution < -0.4 is 15.8 Å². The minimum atomic E-state index is -0.0595. The Kier molecular flexibility index (Phi) is 3.39. The molecule has 0 bridgehead atoms. The number of nitrogens with one attached hydrogen (secondary N) is 2. The molecule has 9 nitrogen and oxygen atoms in total. The zero-order chi connectivity index (χ0) is 17.0. The third-order valence-electron chi connectivity index (χ3n) is 5.66. The van der Waals surface area contributed by atoms with E-state index < -0.39 is 0 Å². The largest absolute Gasteiger partial charge is 0.354 e. The summed E-state index contributed by atoms with van der Waals surface area (Å²) in [6.45, 7) is 6.37. The summed E-state index contributed by atoms with van der Waals surface area (Å²) in [6.07, 6.45) is 0.874. The van der Waals surface area contributed by atoms with Crippen LogP contribution in [0.25, 0.3) is 5.65 Å². The van der Waals surface area contributed by atoms with Crippen molar-refractivity contribution in [2.45, 2.75) is 19.4 Å². The van der Waals surface area contributed by atoms with Crippen LogP contribution in [0.15, 0.2) is 12.1 Å². The fraction of sp³-hybridized carbons (Fsp3) is 0.625. The molecule has 3 fully saturated rings. The molecule has 2 aromatic heterocycles. The lowest BCUT2D eigenvalue weighted by molar-refractivity contribution is -0.132. The summed E-state index contributed by atoms with van der Waals surface area (Å²) < 4.78 is 1.79. The van der Waals surface area contributed by atoms with Crippen LogP contribution in [0.2, 0.25) is 0 Å². The summed E-state index contributed by atoms with van der Waals surface area (Å²) in [5.41, 5.74) is 6.90. The first kappa shape index (κ1) is 15.0. The predicted molar refractivity (Wildman–Crippen MR) is 90.8 cm³/mol. The van der Waals surface area contributed by atoms with E-state index in [1.807, 2.05) is 24.0 Å². The van der Waals surface area contributed by atoms with E-state index in [4.69, 9.17) is 0 Å². The highest BCUT2D eigenvalue weighted by molar-refractivity contribution is 5.82. The van der Waals surface area contributed by atoms with Gasteiger partial charge in [-0.2, -0.15) is 4.52 Å². The fourth-order valence-electron chi connectivity index (χ4n) is 4.30. The van der Waals surface area contributed by atoms with Crippen molar-refractivity contribution in [1.29, 1.82) is 0 Å². The average Bonchev–Trinajstić information content (AvgIpc) is 3.37. The van der Waals surface area contributed by atoms with Crippen LogP contribution in [-0.4, -0.2) is 69.4 Å². The fourth-order valence-corrected chi connectivity index (χ4v) is 4.30. The Morgan fingerprint density at radius 2 is 1.96 bits per heavy atom. The Morgan fingerprint density at radius 1 is 1.16 bits per heavy atom. The quantitative estimate of drug-likeness (QED) is 0.738. The van der Waals surface area contributed by atoms with Crippen molar-refractivity contribution in [2.75, 3.05) is 37.6 Å². The summed E-state index contributed by atoms with van der Waals surface area (Å²) in [6, 6.07) is 3.92. The molecule has 0 radical (unpaired) electrons. The first-order valence-electron chi connectivity index (χ1n) is 8.90. The monoisotopic (exact) mass is 342 g/mol. The van der Waals surface area contributed by atoms with Gasteiger partial charge in [0.15, 0.2) is 11.5 Å². The van der Waals surface area contributed by atoms with Gasteiger partial charge in [-0.25, -0.2) is 5.43 Å². The van der Waals surface area contributed by atoms with Gasteiger partial charge in [0.2, 0.25) is 5.91 Å². The summed E-state index contributed by atoms with van der Waals surface area (Å²) in [7, 11) is 0. The number of hydrogen-bond donors (Lipinski definition) is 2. The smallest absolute Gasteiger partial charge is 0.241 e. The number of carbonyl (C=O) groups excluding carboxylic acids is 1. The van der Waals surface area contributed by atoms with Gasteiger partial charge >= 0.3 is 0 Å². The van der Waals surface area contributed by atoms with Crippen LogP contribution >= 0.6 is 0 Å². The van der Waals surface area contributed by atoms with Crippen molar-refractivity contribution < 1.29 is 4.79 Å². The number of fused-ring (bicyclic) bond motifs is 2. The molecule has 25 heavy (non-hydrogen) atoms. The molecule has 0 saturated carbocycles. The highest BCUT2D eigenvalue weighted by atomic mass is 16.2. The number of aromatic nitrogens is 4. The third kappa shape index (κ3) is 2.46. The van der Waals surface area contributed by atoms with E-state index in [1.165, 1.54) is 0 Å². The molecule has 3 atom stereocenters. The molecular formula is C16H22N8O. The summed E-state index contributed by atoms with van der Waals surface area (Å²) in [5, 5.41) is 12.8. The van der Waals surface area contributed by atoms with Crippen LogP contribution in [0.5, 0.6) is 0 Å². The number of carbonyl (C=O) groups is 1. The van der Waals surface area contributed by atoms with Gasteiger partial charge in [0.1, 0.15) is 11.9 Å². The van der Waals surface area contributed by atoms with Crippen molar-refractivity contribution >= 4 is 17.4 Å². The first-order chi connectivity index (χ1) is 12.2. The van der Waals surface area contributed by atoms with Gasteiger partial charge in [-0.1, -0.05) is 0 Å². The minimum Gasteiger partial charge on any atom is -0.354 e. The molecule has 2 N–H and O–H groups in total. The Bertz CT molecular complexity index is 800. The number of hydrazine groups is 1. The SMILES string of the molecule is Cc1nnc2ccc(N3CC4CN(C(=O)C5CCNN5)CC4C3)nn12. The molecule has 3 aliphatic rings. The lowest BCUT2D eigenvalue weighted by Crippen LogP contribution is -2.45. The Hall–Kier alpha value is -2.26. The number of aryl methyl sites for hydroxylation is 1. The molecule has 3 saturated heterocycles. The van der Waals surface area contributed by atoms with E-state index in [-0.39, 0.29) is 11.9 Å². The molecule has 0 spiro atoms. The molecule has 3 unspecified atom stereocenters. The molecular weight excluding hydrogens is 320 g/mol. The molecule has 5 rings (SSSR count). The van der Waals surface area contributed by atoms with Crippen LogP contribution in [0.4, 0.5) is 5.82 Å². The second kappa shape index (κ2) is 5.63. The molecule has 132 valence electrons. The molecule has 9 heteroatoms. The second-order valence-corrected chi connectivity index (χ2v) is 7.29. The van der Waals surface area contributed by atoms with Gasteiger partial charge in [-0.3, -0.25) is 10.2 Å². The van der Waals surface area contributed by atoms with E-state index in [2.05, 4.69) is 31.0 Å². The standard InChI is InChI=1S/C16H22N8O/c1-10-18-20-14-2-3-15(21-24(10)14)22-6-11-8-23(9-12(11)7-22)16(25)13-4-5-17-19-13/h2-3,11-13,17,19H,4-9H2,1H3. The van der Waals surface area contributed by atoms with E-state index in [0.717, 1.165) is 56.4 Å². The Labute approximate surface area is 145 Å². The van der Waals surface area contributed by atoms with Crippen molar-refractivity contribution in [1.82, 2.24) is 35.6 Å². The summed E-state index contributed by atoms with van der Waals surface area (Å²) >= 11 is 0. The highest BCUT2D eigenvalue weighted by Gasteiger charge is 2.43. The molecule has 0 aromatic carbocycles. The van der Waals surface area contributed by atoms with E-state index >= 15 is 0 Å². The number of amides is 1. The third-order valence-corrected chi connectivity index (χ3v) is 5.66. The normalized spacial score (nSPS) is 28.9. The second-order valence-electron chi connectivity index (χ2n) is 7.29. The van der Waals surface area contributed by atoms with Crippen molar-refractivity contribution in [3.63, 3.8) is 0 Å². The zero-order valence-electron chi connectivity index (χ0n) is 14.2. The van der Waals surface area contributed by atoms with Gasteiger partial charge < -0.3 is 9.80 Å². The first-order valence-corrected chi connectivity index (χ1v) is 8.90. The maximum absolute atomic E-state index is 12.6. The highest BCUT2D eigenvalue weighted by Crippen LogP contribution is 2.33.